The number of piperidine rings is 1. The molecule has 0 unspecified atom stereocenters. The molecule has 1 aromatic heterocycles. The number of rotatable bonds is 6. The summed E-state index contributed by atoms with van der Waals surface area (Å²) in [5.74, 6) is -0.909. The van der Waals surface area contributed by atoms with Crippen LogP contribution in [0.25, 0.3) is 10.1 Å². The number of carboxylic acid groups (broad SMARTS) is 1. The molecule has 2 heterocycles. The van der Waals surface area contributed by atoms with E-state index in [9.17, 15) is 19.7 Å². The molecule has 8 nitrogen and oxygen atoms in total. The molecule has 27 heavy (non-hydrogen) atoms. The van der Waals surface area contributed by atoms with Gasteiger partial charge < -0.3 is 10.0 Å². The third-order valence-electron chi connectivity index (χ3n) is 4.93. The number of carbonyl (C=O) groups excluding carboxylic acids is 1. The first kappa shape index (κ1) is 19.2. The second kappa shape index (κ2) is 8.01. The van der Waals surface area contributed by atoms with Gasteiger partial charge in [0.15, 0.2) is 0 Å². The van der Waals surface area contributed by atoms with Gasteiger partial charge in [-0.15, -0.1) is 11.3 Å². The quantitative estimate of drug-likeness (QED) is 0.600. The summed E-state index contributed by atoms with van der Waals surface area (Å²) in [6.45, 7) is 3.78. The lowest BCUT2D eigenvalue weighted by molar-refractivity contribution is -0.384. The number of amides is 1. The topological polar surface area (TPSA) is 104 Å². The predicted molar refractivity (Wildman–Crippen MR) is 102 cm³/mol. The zero-order valence-corrected chi connectivity index (χ0v) is 15.8. The summed E-state index contributed by atoms with van der Waals surface area (Å²) in [5.41, 5.74) is 0.0122. The summed E-state index contributed by atoms with van der Waals surface area (Å²) in [6, 6.07) is 6.48. The van der Waals surface area contributed by atoms with E-state index < -0.39 is 10.9 Å². The second-order valence-corrected chi connectivity index (χ2v) is 7.65. The Morgan fingerprint density at radius 2 is 2.04 bits per heavy atom. The van der Waals surface area contributed by atoms with E-state index in [0.717, 1.165) is 17.5 Å². The summed E-state index contributed by atoms with van der Waals surface area (Å²) >= 11 is 1.34. The number of aliphatic carboxylic acids is 1. The molecule has 1 aliphatic rings. The monoisotopic (exact) mass is 391 g/mol. The van der Waals surface area contributed by atoms with Gasteiger partial charge in [0, 0.05) is 41.4 Å². The molecule has 144 valence electrons. The molecule has 1 saturated heterocycles. The summed E-state index contributed by atoms with van der Waals surface area (Å²) in [7, 11) is 0. The van der Waals surface area contributed by atoms with Crippen LogP contribution in [-0.2, 0) is 4.79 Å². The van der Waals surface area contributed by atoms with Gasteiger partial charge in [-0.2, -0.15) is 0 Å². The number of benzene rings is 1. The molecule has 0 aliphatic carbocycles. The normalized spacial score (nSPS) is 15.4. The Kier molecular flexibility index (Phi) is 5.71. The summed E-state index contributed by atoms with van der Waals surface area (Å²) in [6.07, 6.45) is 1.48. The first-order valence-electron chi connectivity index (χ1n) is 8.82. The highest BCUT2D eigenvalue weighted by atomic mass is 32.1. The van der Waals surface area contributed by atoms with E-state index in [4.69, 9.17) is 5.11 Å². The molecule has 2 aromatic rings. The third kappa shape index (κ3) is 4.25. The van der Waals surface area contributed by atoms with Gasteiger partial charge in [0.25, 0.3) is 11.6 Å². The highest BCUT2D eigenvalue weighted by molar-refractivity contribution is 7.20. The van der Waals surface area contributed by atoms with Gasteiger partial charge in [0.2, 0.25) is 0 Å². The molecule has 0 spiro atoms. The van der Waals surface area contributed by atoms with Crippen LogP contribution >= 0.6 is 11.3 Å². The van der Waals surface area contributed by atoms with Crippen molar-refractivity contribution in [1.29, 1.82) is 0 Å². The molecule has 1 N–H and O–H groups in total. The van der Waals surface area contributed by atoms with Crippen LogP contribution in [0.5, 0.6) is 0 Å². The fourth-order valence-corrected chi connectivity index (χ4v) is 4.52. The van der Waals surface area contributed by atoms with Crippen molar-refractivity contribution in [2.75, 3.05) is 26.2 Å². The number of likely N-dealkylation sites (N-methyl/N-ethyl adjacent to an activating group) is 1. The lowest BCUT2D eigenvalue weighted by Crippen LogP contribution is -2.48. The molecule has 3 rings (SSSR count). The summed E-state index contributed by atoms with van der Waals surface area (Å²) in [5, 5.41) is 20.6. The Hall–Kier alpha value is -2.52. The lowest BCUT2D eigenvalue weighted by atomic mass is 10.0. The van der Waals surface area contributed by atoms with Crippen LogP contribution in [0.3, 0.4) is 0 Å². The number of carbonyl (C=O) groups is 2. The molecule has 1 aliphatic heterocycles. The van der Waals surface area contributed by atoms with Crippen LogP contribution < -0.4 is 0 Å². The zero-order valence-electron chi connectivity index (χ0n) is 15.0. The molecule has 0 atom stereocenters. The minimum Gasteiger partial charge on any atom is -0.480 e. The van der Waals surface area contributed by atoms with Crippen molar-refractivity contribution < 1.29 is 19.6 Å². The molecule has 1 aromatic carbocycles. The van der Waals surface area contributed by atoms with E-state index in [0.29, 0.717) is 29.9 Å². The number of likely N-dealkylation sites (tertiary alicyclic amines) is 1. The average Bonchev–Trinajstić information content (AvgIpc) is 3.08. The maximum Gasteiger partial charge on any atom is 0.317 e. The number of nitro benzene ring substituents is 1. The Morgan fingerprint density at radius 3 is 2.63 bits per heavy atom. The molecule has 0 saturated carbocycles. The number of hydrogen-bond acceptors (Lipinski definition) is 6. The van der Waals surface area contributed by atoms with Crippen molar-refractivity contribution in [2.24, 2.45) is 0 Å². The minimum absolute atomic E-state index is 0.0122. The summed E-state index contributed by atoms with van der Waals surface area (Å²) in [4.78, 5) is 38.5. The summed E-state index contributed by atoms with van der Waals surface area (Å²) < 4.78 is 0.845. The zero-order chi connectivity index (χ0) is 19.6. The van der Waals surface area contributed by atoms with E-state index in [1.807, 2.05) is 11.8 Å². The van der Waals surface area contributed by atoms with Crippen molar-refractivity contribution in [3.05, 3.63) is 39.3 Å². The Morgan fingerprint density at radius 1 is 1.33 bits per heavy atom. The smallest absolute Gasteiger partial charge is 0.317 e. The van der Waals surface area contributed by atoms with Crippen LogP contribution in [0.4, 0.5) is 5.69 Å². The van der Waals surface area contributed by atoms with Crippen LogP contribution in [0.2, 0.25) is 0 Å². The highest BCUT2D eigenvalue weighted by Gasteiger charge is 2.28. The van der Waals surface area contributed by atoms with Gasteiger partial charge in [-0.25, -0.2) is 0 Å². The third-order valence-corrected chi connectivity index (χ3v) is 6.04. The molecule has 9 heteroatoms. The van der Waals surface area contributed by atoms with E-state index >= 15 is 0 Å². The number of non-ortho nitro benzene ring substituents is 1. The number of hydrogen-bond donors (Lipinski definition) is 1. The highest BCUT2D eigenvalue weighted by Crippen LogP contribution is 2.30. The SMILES string of the molecule is CCN(CC(=O)O)C1CCN(C(=O)c2cc3cc([N+](=O)[O-])ccc3s2)CC1. The fourth-order valence-electron chi connectivity index (χ4n) is 3.51. The maximum absolute atomic E-state index is 12.8. The molecule has 1 fully saturated rings. The largest absolute Gasteiger partial charge is 0.480 e. The first-order valence-corrected chi connectivity index (χ1v) is 9.63. The lowest BCUT2D eigenvalue weighted by Gasteiger charge is -2.37. The first-order chi connectivity index (χ1) is 12.9. The Balaban J connectivity index is 1.68. The Labute approximate surface area is 160 Å². The van der Waals surface area contributed by atoms with Gasteiger partial charge in [0.05, 0.1) is 16.3 Å². The number of nitro groups is 1. The van der Waals surface area contributed by atoms with Crippen molar-refractivity contribution in [3.63, 3.8) is 0 Å². The number of carboxylic acids is 1. The number of nitrogens with zero attached hydrogens (tertiary/aromatic N) is 3. The average molecular weight is 391 g/mol. The van der Waals surface area contributed by atoms with E-state index in [-0.39, 0.29) is 24.2 Å². The molecular weight excluding hydrogens is 370 g/mol. The van der Waals surface area contributed by atoms with Crippen molar-refractivity contribution >= 4 is 39.0 Å². The predicted octanol–water partition coefficient (Wildman–Crippen LogP) is 2.82. The van der Waals surface area contributed by atoms with Crippen LogP contribution in [0.1, 0.15) is 29.4 Å². The minimum atomic E-state index is -0.838. The number of thiophene rings is 1. The van der Waals surface area contributed by atoms with E-state index in [1.165, 1.54) is 23.5 Å². The van der Waals surface area contributed by atoms with Crippen LogP contribution in [0, 0.1) is 10.1 Å². The molecule has 0 bridgehead atoms. The van der Waals surface area contributed by atoms with Gasteiger partial charge >= 0.3 is 5.97 Å². The van der Waals surface area contributed by atoms with Gasteiger partial charge in [-0.05, 0) is 31.5 Å². The van der Waals surface area contributed by atoms with Crippen molar-refractivity contribution in [3.8, 4) is 0 Å². The fraction of sp³-hybridized carbons (Fsp3) is 0.444. The standard InChI is InChI=1S/C18H21N3O5S/c1-2-19(11-17(22)23)13-5-7-20(8-6-13)18(24)16-10-12-9-14(21(25)26)3-4-15(12)27-16/h3-4,9-10,13H,2,5-8,11H2,1H3,(H,22,23). The molecular formula is C18H21N3O5S. The second-order valence-electron chi connectivity index (χ2n) is 6.57. The van der Waals surface area contributed by atoms with Gasteiger partial charge in [0.1, 0.15) is 0 Å². The maximum atomic E-state index is 12.8. The van der Waals surface area contributed by atoms with Gasteiger partial charge in [-0.3, -0.25) is 24.6 Å². The van der Waals surface area contributed by atoms with Crippen LogP contribution in [0.15, 0.2) is 24.3 Å². The Bertz CT molecular complexity index is 873. The van der Waals surface area contributed by atoms with Crippen LogP contribution in [-0.4, -0.2) is 63.9 Å². The number of fused-ring (bicyclic) bond motifs is 1. The van der Waals surface area contributed by atoms with E-state index in [1.54, 1.807) is 17.0 Å². The van der Waals surface area contributed by atoms with Gasteiger partial charge in [-0.1, -0.05) is 6.92 Å². The van der Waals surface area contributed by atoms with Crippen molar-refractivity contribution in [1.82, 2.24) is 9.80 Å². The molecule has 1 amide bonds. The van der Waals surface area contributed by atoms with Crippen molar-refractivity contribution in [2.45, 2.75) is 25.8 Å². The molecule has 0 radical (unpaired) electrons. The van der Waals surface area contributed by atoms with E-state index in [2.05, 4.69) is 0 Å².